The first kappa shape index (κ1) is 16.9. The second-order valence-corrected chi connectivity index (χ2v) is 7.21. The maximum atomic E-state index is 12.9. The zero-order chi connectivity index (χ0) is 16.5. The Hall–Kier alpha value is -1.46. The van der Waals surface area contributed by atoms with E-state index in [1.54, 1.807) is 24.0 Å². The number of halogens is 1. The summed E-state index contributed by atoms with van der Waals surface area (Å²) in [6, 6.07) is 6.29. The van der Waals surface area contributed by atoms with E-state index in [1.807, 2.05) is 25.8 Å². The summed E-state index contributed by atoms with van der Waals surface area (Å²) < 4.78 is 12.9. The molecule has 0 saturated carbocycles. The lowest BCUT2D eigenvalue weighted by molar-refractivity contribution is -0.132. The fourth-order valence-corrected chi connectivity index (χ4v) is 2.75. The van der Waals surface area contributed by atoms with Crippen LogP contribution in [0.2, 0.25) is 0 Å². The first-order valence-corrected chi connectivity index (χ1v) is 7.54. The van der Waals surface area contributed by atoms with Crippen LogP contribution < -0.4 is 0 Å². The van der Waals surface area contributed by atoms with Gasteiger partial charge in [0.15, 0.2) is 0 Å². The third-order valence-corrected chi connectivity index (χ3v) is 4.67. The van der Waals surface area contributed by atoms with E-state index >= 15 is 0 Å². The first-order chi connectivity index (χ1) is 10.1. The lowest BCUT2D eigenvalue weighted by Gasteiger charge is -2.30. The van der Waals surface area contributed by atoms with Gasteiger partial charge in [-0.1, -0.05) is 26.0 Å². The van der Waals surface area contributed by atoms with Gasteiger partial charge in [-0.2, -0.15) is 0 Å². The van der Waals surface area contributed by atoms with Crippen LogP contribution in [0.5, 0.6) is 0 Å². The van der Waals surface area contributed by atoms with E-state index in [0.29, 0.717) is 19.6 Å². The minimum atomic E-state index is -0.863. The van der Waals surface area contributed by atoms with E-state index in [1.165, 1.54) is 12.1 Å². The van der Waals surface area contributed by atoms with Gasteiger partial charge in [0.25, 0.3) is 0 Å². The van der Waals surface area contributed by atoms with Gasteiger partial charge in [0.05, 0.1) is 12.1 Å². The van der Waals surface area contributed by atoms with Gasteiger partial charge in [-0.25, -0.2) is 4.39 Å². The highest BCUT2D eigenvalue weighted by atomic mass is 19.1. The summed E-state index contributed by atoms with van der Waals surface area (Å²) >= 11 is 0. The minimum absolute atomic E-state index is 0.00969. The van der Waals surface area contributed by atoms with Gasteiger partial charge in [-0.15, -0.1) is 0 Å². The van der Waals surface area contributed by atoms with Crippen LogP contribution >= 0.6 is 0 Å². The maximum Gasteiger partial charge on any atom is 0.236 e. The van der Waals surface area contributed by atoms with Crippen LogP contribution in [0.1, 0.15) is 26.3 Å². The van der Waals surface area contributed by atoms with Crippen LogP contribution in [-0.2, 0) is 11.3 Å². The molecule has 22 heavy (non-hydrogen) atoms. The molecular formula is C17H25FN2O2. The number of carbonyl (C=O) groups is 1. The summed E-state index contributed by atoms with van der Waals surface area (Å²) in [5, 5.41) is 10.4. The van der Waals surface area contributed by atoms with E-state index in [9.17, 15) is 14.3 Å². The van der Waals surface area contributed by atoms with Crippen LogP contribution in [0.25, 0.3) is 0 Å². The second kappa shape index (κ2) is 5.97. The van der Waals surface area contributed by atoms with E-state index in [4.69, 9.17) is 0 Å². The van der Waals surface area contributed by atoms with E-state index < -0.39 is 5.60 Å². The molecule has 1 aliphatic rings. The SMILES string of the molecule is CN(CC(=O)N1CC(C)(C)[C@@](C)(O)C1)Cc1ccc(F)cc1. The van der Waals surface area contributed by atoms with E-state index in [0.717, 1.165) is 5.56 Å². The molecule has 0 aliphatic carbocycles. The molecule has 1 saturated heterocycles. The van der Waals surface area contributed by atoms with Gasteiger partial charge in [-0.05, 0) is 31.7 Å². The predicted octanol–water partition coefficient (Wildman–Crippen LogP) is 1.88. The second-order valence-electron chi connectivity index (χ2n) is 7.21. The Morgan fingerprint density at radius 1 is 1.27 bits per heavy atom. The fourth-order valence-electron chi connectivity index (χ4n) is 2.75. The van der Waals surface area contributed by atoms with Crippen molar-refractivity contribution in [3.05, 3.63) is 35.6 Å². The average molecular weight is 308 g/mol. The third kappa shape index (κ3) is 3.65. The molecule has 122 valence electrons. The van der Waals surface area contributed by atoms with Gasteiger partial charge in [-0.3, -0.25) is 9.69 Å². The van der Waals surface area contributed by atoms with Gasteiger partial charge in [0, 0.05) is 25.0 Å². The maximum absolute atomic E-state index is 12.9. The molecule has 0 spiro atoms. The number of hydrogen-bond donors (Lipinski definition) is 1. The number of carbonyl (C=O) groups excluding carboxylic acids is 1. The standard InChI is InChI=1S/C17H25FN2O2/c1-16(2)11-20(12-17(16,3)22)15(21)10-19(4)9-13-5-7-14(18)8-6-13/h5-8,22H,9-12H2,1-4H3/t17-/m0/s1. The van der Waals surface area contributed by atoms with Gasteiger partial charge >= 0.3 is 0 Å². The number of rotatable bonds is 4. The van der Waals surface area contributed by atoms with Crippen molar-refractivity contribution < 1.29 is 14.3 Å². The number of benzene rings is 1. The molecule has 2 rings (SSSR count). The van der Waals surface area contributed by atoms with Gasteiger partial charge in [0.1, 0.15) is 5.82 Å². The van der Waals surface area contributed by atoms with Crippen molar-refractivity contribution in [3.8, 4) is 0 Å². The molecule has 1 amide bonds. The molecule has 1 aromatic rings. The van der Waals surface area contributed by atoms with Crippen molar-refractivity contribution in [1.82, 2.24) is 9.80 Å². The van der Waals surface area contributed by atoms with E-state index in [2.05, 4.69) is 0 Å². The minimum Gasteiger partial charge on any atom is -0.388 e. The van der Waals surface area contributed by atoms with Crippen LogP contribution in [0.15, 0.2) is 24.3 Å². The normalized spacial score (nSPS) is 24.0. The Morgan fingerprint density at radius 3 is 2.36 bits per heavy atom. The van der Waals surface area contributed by atoms with Crippen molar-refractivity contribution in [1.29, 1.82) is 0 Å². The number of likely N-dealkylation sites (tertiary alicyclic amines) is 1. The van der Waals surface area contributed by atoms with Crippen LogP contribution in [0, 0.1) is 11.2 Å². The molecule has 4 nitrogen and oxygen atoms in total. The summed E-state index contributed by atoms with van der Waals surface area (Å²) in [5.41, 5.74) is -0.207. The van der Waals surface area contributed by atoms with Gasteiger partial charge in [0.2, 0.25) is 5.91 Å². The zero-order valence-corrected chi connectivity index (χ0v) is 13.8. The summed E-state index contributed by atoms with van der Waals surface area (Å²) in [6.07, 6.45) is 0. The smallest absolute Gasteiger partial charge is 0.236 e. The summed E-state index contributed by atoms with van der Waals surface area (Å²) in [7, 11) is 1.86. The molecule has 1 aliphatic heterocycles. The Bertz CT molecular complexity index is 524. The highest BCUT2D eigenvalue weighted by Crippen LogP contribution is 2.38. The molecule has 0 aromatic heterocycles. The van der Waals surface area contributed by atoms with Crippen molar-refractivity contribution in [2.75, 3.05) is 26.7 Å². The number of aliphatic hydroxyl groups is 1. The largest absolute Gasteiger partial charge is 0.388 e. The third-order valence-electron chi connectivity index (χ3n) is 4.67. The highest BCUT2D eigenvalue weighted by molar-refractivity contribution is 5.78. The Labute approximate surface area is 131 Å². The number of hydrogen-bond acceptors (Lipinski definition) is 3. The molecule has 1 atom stereocenters. The highest BCUT2D eigenvalue weighted by Gasteiger charge is 2.49. The monoisotopic (exact) mass is 308 g/mol. The van der Waals surface area contributed by atoms with Crippen molar-refractivity contribution in [2.24, 2.45) is 5.41 Å². The molecule has 1 N–H and O–H groups in total. The van der Waals surface area contributed by atoms with Crippen molar-refractivity contribution >= 4 is 5.91 Å². The Balaban J connectivity index is 1.91. The summed E-state index contributed by atoms with van der Waals surface area (Å²) in [6.45, 7) is 7.52. The first-order valence-electron chi connectivity index (χ1n) is 7.54. The van der Waals surface area contributed by atoms with E-state index in [-0.39, 0.29) is 23.7 Å². The quantitative estimate of drug-likeness (QED) is 0.923. The molecule has 1 aromatic carbocycles. The predicted molar refractivity (Wildman–Crippen MR) is 83.7 cm³/mol. The van der Waals surface area contributed by atoms with Crippen LogP contribution in [0.3, 0.4) is 0 Å². The summed E-state index contributed by atoms with van der Waals surface area (Å²) in [4.78, 5) is 16.0. The molecule has 5 heteroatoms. The molecule has 0 radical (unpaired) electrons. The van der Waals surface area contributed by atoms with Crippen molar-refractivity contribution in [2.45, 2.75) is 32.9 Å². The zero-order valence-electron chi connectivity index (χ0n) is 13.8. The number of likely N-dealkylation sites (N-methyl/N-ethyl adjacent to an activating group) is 1. The van der Waals surface area contributed by atoms with Crippen LogP contribution in [0.4, 0.5) is 4.39 Å². The van der Waals surface area contributed by atoms with Crippen molar-refractivity contribution in [3.63, 3.8) is 0 Å². The number of β-amino-alcohol motifs (C(OH)–C–C–N with tert-alkyl or cyclic N) is 1. The molecule has 1 fully saturated rings. The average Bonchev–Trinajstić information content (AvgIpc) is 2.61. The number of amides is 1. The molecule has 1 heterocycles. The molecule has 0 unspecified atom stereocenters. The summed E-state index contributed by atoms with van der Waals surface area (Å²) in [5.74, 6) is -0.250. The topological polar surface area (TPSA) is 43.8 Å². The fraction of sp³-hybridized carbons (Fsp3) is 0.588. The Morgan fingerprint density at radius 2 is 1.86 bits per heavy atom. The lowest BCUT2D eigenvalue weighted by Crippen LogP contribution is -2.41. The lowest BCUT2D eigenvalue weighted by atomic mass is 9.79. The van der Waals surface area contributed by atoms with Gasteiger partial charge < -0.3 is 10.0 Å². The van der Waals surface area contributed by atoms with Crippen LogP contribution in [-0.4, -0.2) is 53.1 Å². The number of nitrogens with zero attached hydrogens (tertiary/aromatic N) is 2. The molecular weight excluding hydrogens is 283 g/mol. The molecule has 0 bridgehead atoms. The Kier molecular flexibility index (Phi) is 4.59.